The van der Waals surface area contributed by atoms with Crippen LogP contribution in [0, 0.1) is 5.82 Å². The van der Waals surface area contributed by atoms with Crippen LogP contribution in [0.4, 0.5) is 15.8 Å². The molecule has 1 heterocycles. The van der Waals surface area contributed by atoms with Crippen LogP contribution in [-0.4, -0.2) is 25.0 Å². The molecule has 0 radical (unpaired) electrons. The van der Waals surface area contributed by atoms with Gasteiger partial charge in [0.2, 0.25) is 5.91 Å². The lowest BCUT2D eigenvalue weighted by Crippen LogP contribution is -2.48. The van der Waals surface area contributed by atoms with E-state index in [-0.39, 0.29) is 17.8 Å². The van der Waals surface area contributed by atoms with Gasteiger partial charge in [-0.3, -0.25) is 4.79 Å². The molecule has 0 saturated carbocycles. The number of hydrogen-bond acceptors (Lipinski definition) is 3. The summed E-state index contributed by atoms with van der Waals surface area (Å²) in [6.07, 6.45) is 2.26. The third kappa shape index (κ3) is 4.25. The number of carbonyl (C=O) groups excluding carboxylic acids is 1. The number of nitrogen functional groups attached to an aromatic ring is 1. The highest BCUT2D eigenvalue weighted by atomic mass is 19.1. The Hall–Kier alpha value is -2.56. The normalized spacial score (nSPS) is 17.5. The Morgan fingerprint density at radius 1 is 1.25 bits per heavy atom. The van der Waals surface area contributed by atoms with Gasteiger partial charge in [-0.25, -0.2) is 4.39 Å². The van der Waals surface area contributed by atoms with Gasteiger partial charge in [0.25, 0.3) is 0 Å². The Balaban J connectivity index is 1.56. The molecule has 1 aliphatic heterocycles. The summed E-state index contributed by atoms with van der Waals surface area (Å²) in [7, 11) is 0. The predicted octanol–water partition coefficient (Wildman–Crippen LogP) is 2.74. The number of anilines is 2. The second-order valence-corrected chi connectivity index (χ2v) is 6.25. The van der Waals surface area contributed by atoms with Crippen LogP contribution in [0.15, 0.2) is 48.5 Å². The summed E-state index contributed by atoms with van der Waals surface area (Å²) in [5.41, 5.74) is 8.16. The molecular formula is C19H22FN3O. The average molecular weight is 327 g/mol. The summed E-state index contributed by atoms with van der Waals surface area (Å²) in [4.78, 5) is 14.4. The van der Waals surface area contributed by atoms with Gasteiger partial charge >= 0.3 is 0 Å². The van der Waals surface area contributed by atoms with E-state index in [1.165, 1.54) is 6.07 Å². The van der Waals surface area contributed by atoms with Crippen LogP contribution < -0.4 is 16.0 Å². The van der Waals surface area contributed by atoms with Crippen LogP contribution in [0.1, 0.15) is 18.4 Å². The van der Waals surface area contributed by atoms with Gasteiger partial charge in [-0.15, -0.1) is 0 Å². The van der Waals surface area contributed by atoms with Crippen LogP contribution in [0.5, 0.6) is 0 Å². The number of piperidine rings is 1. The molecular weight excluding hydrogens is 305 g/mol. The minimum atomic E-state index is -0.234. The number of rotatable bonds is 4. The largest absolute Gasteiger partial charge is 0.399 e. The first-order valence-electron chi connectivity index (χ1n) is 8.24. The van der Waals surface area contributed by atoms with E-state index in [1.54, 1.807) is 24.3 Å². The summed E-state index contributed by atoms with van der Waals surface area (Å²) in [6, 6.07) is 14.0. The molecule has 2 aromatic carbocycles. The lowest BCUT2D eigenvalue weighted by molar-refractivity contribution is -0.121. The Bertz CT molecular complexity index is 702. The van der Waals surface area contributed by atoms with E-state index in [0.29, 0.717) is 18.7 Å². The van der Waals surface area contributed by atoms with Gasteiger partial charge in [0.1, 0.15) is 5.82 Å². The zero-order valence-corrected chi connectivity index (χ0v) is 13.5. The number of nitrogens with two attached hydrogens (primary N) is 1. The van der Waals surface area contributed by atoms with Crippen LogP contribution in [-0.2, 0) is 11.2 Å². The van der Waals surface area contributed by atoms with Gasteiger partial charge in [0.05, 0.1) is 6.42 Å². The number of nitrogens with one attached hydrogen (secondary N) is 1. The SMILES string of the molecule is Nc1ccc(CC(=O)NC2CCCN(c3cccc(F)c3)C2)cc1. The summed E-state index contributed by atoms with van der Waals surface area (Å²) >= 11 is 0. The van der Waals surface area contributed by atoms with Gasteiger partial charge in [-0.1, -0.05) is 18.2 Å². The third-order valence-electron chi connectivity index (χ3n) is 4.30. The maximum absolute atomic E-state index is 13.4. The first kappa shape index (κ1) is 16.3. The van der Waals surface area contributed by atoms with Crippen molar-refractivity contribution < 1.29 is 9.18 Å². The minimum Gasteiger partial charge on any atom is -0.399 e. The fourth-order valence-corrected chi connectivity index (χ4v) is 3.10. The molecule has 5 heteroatoms. The van der Waals surface area contributed by atoms with Crippen LogP contribution >= 0.6 is 0 Å². The molecule has 126 valence electrons. The molecule has 1 unspecified atom stereocenters. The van der Waals surface area contributed by atoms with Crippen molar-refractivity contribution in [3.63, 3.8) is 0 Å². The number of halogens is 1. The standard InChI is InChI=1S/C19H22FN3O/c20-15-3-1-5-18(12-15)23-10-2-4-17(13-23)22-19(24)11-14-6-8-16(21)9-7-14/h1,3,5-9,12,17H,2,4,10-11,13,21H2,(H,22,24). The highest BCUT2D eigenvalue weighted by Gasteiger charge is 2.21. The van der Waals surface area contributed by atoms with Gasteiger partial charge in [0.15, 0.2) is 0 Å². The molecule has 0 aromatic heterocycles. The lowest BCUT2D eigenvalue weighted by atomic mass is 10.0. The van der Waals surface area contributed by atoms with Crippen molar-refractivity contribution in [2.45, 2.75) is 25.3 Å². The second-order valence-electron chi connectivity index (χ2n) is 6.25. The average Bonchev–Trinajstić information content (AvgIpc) is 2.57. The summed E-state index contributed by atoms with van der Waals surface area (Å²) in [5, 5.41) is 3.09. The van der Waals surface area contributed by atoms with Crippen molar-refractivity contribution >= 4 is 17.3 Å². The smallest absolute Gasteiger partial charge is 0.224 e. The van der Waals surface area contributed by atoms with E-state index in [9.17, 15) is 9.18 Å². The van der Waals surface area contributed by atoms with Crippen molar-refractivity contribution in [3.8, 4) is 0 Å². The highest BCUT2D eigenvalue weighted by molar-refractivity contribution is 5.79. The Morgan fingerprint density at radius 2 is 2.04 bits per heavy atom. The van der Waals surface area contributed by atoms with E-state index in [2.05, 4.69) is 10.2 Å². The van der Waals surface area contributed by atoms with E-state index < -0.39 is 0 Å². The van der Waals surface area contributed by atoms with Crippen molar-refractivity contribution in [3.05, 3.63) is 59.9 Å². The maximum atomic E-state index is 13.4. The topological polar surface area (TPSA) is 58.4 Å². The number of benzene rings is 2. The molecule has 24 heavy (non-hydrogen) atoms. The van der Waals surface area contributed by atoms with Crippen LogP contribution in [0.2, 0.25) is 0 Å². The van der Waals surface area contributed by atoms with E-state index in [4.69, 9.17) is 5.73 Å². The summed E-state index contributed by atoms with van der Waals surface area (Å²) in [5.74, 6) is -0.229. The van der Waals surface area contributed by atoms with Crippen LogP contribution in [0.3, 0.4) is 0 Å². The molecule has 0 spiro atoms. The van der Waals surface area contributed by atoms with Crippen molar-refractivity contribution in [1.82, 2.24) is 5.32 Å². The molecule has 1 saturated heterocycles. The number of hydrogen-bond donors (Lipinski definition) is 2. The highest BCUT2D eigenvalue weighted by Crippen LogP contribution is 2.20. The lowest BCUT2D eigenvalue weighted by Gasteiger charge is -2.34. The van der Waals surface area contributed by atoms with Gasteiger partial charge < -0.3 is 16.0 Å². The van der Waals surface area contributed by atoms with Crippen LogP contribution in [0.25, 0.3) is 0 Å². The molecule has 3 rings (SSSR count). The fraction of sp³-hybridized carbons (Fsp3) is 0.316. The molecule has 3 N–H and O–H groups in total. The van der Waals surface area contributed by atoms with Gasteiger partial charge in [0, 0.05) is 30.5 Å². The van der Waals surface area contributed by atoms with E-state index in [1.807, 2.05) is 18.2 Å². The summed E-state index contributed by atoms with van der Waals surface area (Å²) < 4.78 is 13.4. The molecule has 1 amide bonds. The van der Waals surface area contributed by atoms with Gasteiger partial charge in [-0.2, -0.15) is 0 Å². The molecule has 0 aliphatic carbocycles. The van der Waals surface area contributed by atoms with E-state index in [0.717, 1.165) is 30.6 Å². The molecule has 1 aliphatic rings. The molecule has 0 bridgehead atoms. The zero-order chi connectivity index (χ0) is 16.9. The molecule has 2 aromatic rings. The first-order chi connectivity index (χ1) is 11.6. The van der Waals surface area contributed by atoms with Crippen molar-refractivity contribution in [1.29, 1.82) is 0 Å². The third-order valence-corrected chi connectivity index (χ3v) is 4.30. The Morgan fingerprint density at radius 3 is 2.79 bits per heavy atom. The molecule has 1 fully saturated rings. The van der Waals surface area contributed by atoms with Gasteiger partial charge in [-0.05, 0) is 48.7 Å². The van der Waals surface area contributed by atoms with E-state index >= 15 is 0 Å². The van der Waals surface area contributed by atoms with Crippen molar-refractivity contribution in [2.75, 3.05) is 23.7 Å². The van der Waals surface area contributed by atoms with Crippen molar-refractivity contribution in [2.24, 2.45) is 0 Å². The second kappa shape index (κ2) is 7.34. The summed E-state index contributed by atoms with van der Waals surface area (Å²) in [6.45, 7) is 1.59. The quantitative estimate of drug-likeness (QED) is 0.849. The zero-order valence-electron chi connectivity index (χ0n) is 13.5. The Kier molecular flexibility index (Phi) is 4.99. The Labute approximate surface area is 141 Å². The first-order valence-corrected chi connectivity index (χ1v) is 8.24. The molecule has 4 nitrogen and oxygen atoms in total. The molecule has 1 atom stereocenters. The number of amides is 1. The predicted molar refractivity (Wildman–Crippen MR) is 94.3 cm³/mol. The fourth-order valence-electron chi connectivity index (χ4n) is 3.10. The number of nitrogens with zero attached hydrogens (tertiary/aromatic N) is 1. The monoisotopic (exact) mass is 327 g/mol. The number of carbonyl (C=O) groups is 1. The maximum Gasteiger partial charge on any atom is 0.224 e. The minimum absolute atomic E-state index is 0.00543.